The van der Waals surface area contributed by atoms with Crippen LogP contribution in [-0.2, 0) is 13.1 Å². The third kappa shape index (κ3) is 4.63. The lowest BCUT2D eigenvalue weighted by molar-refractivity contribution is 0.0461. The summed E-state index contributed by atoms with van der Waals surface area (Å²) in [6, 6.07) is 9.16. The molecule has 0 bridgehead atoms. The van der Waals surface area contributed by atoms with E-state index < -0.39 is 0 Å². The fraction of sp³-hybridized carbons (Fsp3) is 0.500. The van der Waals surface area contributed by atoms with E-state index in [-0.39, 0.29) is 18.5 Å². The van der Waals surface area contributed by atoms with Crippen molar-refractivity contribution in [2.45, 2.75) is 32.5 Å². The van der Waals surface area contributed by atoms with Gasteiger partial charge >= 0.3 is 0 Å². The minimum atomic E-state index is -0.249. The number of halogens is 1. The lowest BCUT2D eigenvalue weighted by Gasteiger charge is -2.41. The molecule has 26 heavy (non-hydrogen) atoms. The molecular weight excluding hydrogens is 335 g/mol. The van der Waals surface area contributed by atoms with Gasteiger partial charge in [-0.2, -0.15) is 0 Å². The molecule has 0 aliphatic carbocycles. The number of ether oxygens (including phenoxy) is 1. The first kappa shape index (κ1) is 18.9. The molecule has 1 aliphatic heterocycles. The van der Waals surface area contributed by atoms with Gasteiger partial charge in [-0.05, 0) is 31.5 Å². The molecule has 1 aromatic carbocycles. The Balaban J connectivity index is 1.64. The number of hydrogen-bond donors (Lipinski definition) is 1. The number of aliphatic hydroxyl groups is 1. The predicted molar refractivity (Wildman–Crippen MR) is 97.6 cm³/mol. The fourth-order valence-electron chi connectivity index (χ4n) is 3.52. The standard InChI is InChI=1S/C20H27FN2O3/c1-15-3-5-19(26-15)14-22-8-9-23(17(13-22)7-10-24)12-16-4-6-18(25-2)11-20(16)21/h3-6,11,17,24H,7-10,12-14H2,1-2H3. The minimum Gasteiger partial charge on any atom is -0.497 e. The molecule has 2 aromatic rings. The van der Waals surface area contributed by atoms with Gasteiger partial charge in [-0.15, -0.1) is 0 Å². The summed E-state index contributed by atoms with van der Waals surface area (Å²) in [4.78, 5) is 4.59. The Morgan fingerprint density at radius 2 is 2.08 bits per heavy atom. The molecule has 1 aliphatic rings. The molecule has 3 rings (SSSR count). The van der Waals surface area contributed by atoms with E-state index in [1.54, 1.807) is 12.1 Å². The summed E-state index contributed by atoms with van der Waals surface area (Å²) in [5, 5.41) is 9.45. The van der Waals surface area contributed by atoms with Crippen molar-refractivity contribution in [3.05, 3.63) is 53.2 Å². The molecule has 0 radical (unpaired) electrons. The largest absolute Gasteiger partial charge is 0.497 e. The highest BCUT2D eigenvalue weighted by molar-refractivity contribution is 5.29. The normalized spacial score (nSPS) is 19.0. The van der Waals surface area contributed by atoms with Gasteiger partial charge in [0.15, 0.2) is 0 Å². The van der Waals surface area contributed by atoms with Crippen LogP contribution < -0.4 is 4.74 Å². The van der Waals surface area contributed by atoms with Gasteiger partial charge < -0.3 is 14.3 Å². The van der Waals surface area contributed by atoms with E-state index in [0.717, 1.165) is 37.7 Å². The molecule has 0 spiro atoms. The van der Waals surface area contributed by atoms with Crippen molar-refractivity contribution in [1.82, 2.24) is 9.80 Å². The monoisotopic (exact) mass is 362 g/mol. The molecule has 1 saturated heterocycles. The van der Waals surface area contributed by atoms with E-state index in [0.29, 0.717) is 24.3 Å². The number of benzene rings is 1. The van der Waals surface area contributed by atoms with Gasteiger partial charge in [0.25, 0.3) is 0 Å². The van der Waals surface area contributed by atoms with Crippen LogP contribution in [0.2, 0.25) is 0 Å². The maximum absolute atomic E-state index is 14.3. The topological polar surface area (TPSA) is 49.1 Å². The lowest BCUT2D eigenvalue weighted by atomic mass is 10.1. The van der Waals surface area contributed by atoms with E-state index in [1.807, 2.05) is 19.1 Å². The molecule has 1 aromatic heterocycles. The Hall–Kier alpha value is -1.89. The number of nitrogens with zero attached hydrogens (tertiary/aromatic N) is 2. The molecule has 0 amide bonds. The first-order valence-electron chi connectivity index (χ1n) is 9.04. The van der Waals surface area contributed by atoms with Crippen molar-refractivity contribution < 1.29 is 18.7 Å². The van der Waals surface area contributed by atoms with Crippen LogP contribution in [0, 0.1) is 12.7 Å². The van der Waals surface area contributed by atoms with E-state index >= 15 is 0 Å². The van der Waals surface area contributed by atoms with Crippen LogP contribution in [0.15, 0.2) is 34.7 Å². The van der Waals surface area contributed by atoms with Gasteiger partial charge in [-0.1, -0.05) is 6.07 Å². The van der Waals surface area contributed by atoms with Gasteiger partial charge in [-0.25, -0.2) is 4.39 Å². The van der Waals surface area contributed by atoms with Crippen LogP contribution >= 0.6 is 0 Å². The Labute approximate surface area is 154 Å². The third-order valence-electron chi connectivity index (χ3n) is 4.96. The fourth-order valence-corrected chi connectivity index (χ4v) is 3.52. The minimum absolute atomic E-state index is 0.125. The van der Waals surface area contributed by atoms with Crippen LogP contribution in [0.3, 0.4) is 0 Å². The highest BCUT2D eigenvalue weighted by Crippen LogP contribution is 2.22. The Bertz CT molecular complexity index is 719. The van der Waals surface area contributed by atoms with Crippen LogP contribution in [0.4, 0.5) is 4.39 Å². The Morgan fingerprint density at radius 1 is 1.23 bits per heavy atom. The van der Waals surface area contributed by atoms with Gasteiger partial charge in [0, 0.05) is 50.5 Å². The summed E-state index contributed by atoms with van der Waals surface area (Å²) < 4.78 is 25.0. The molecule has 6 heteroatoms. The van der Waals surface area contributed by atoms with Crippen molar-refractivity contribution >= 4 is 0 Å². The summed E-state index contributed by atoms with van der Waals surface area (Å²) in [5.41, 5.74) is 0.656. The average Bonchev–Trinajstić information content (AvgIpc) is 3.03. The van der Waals surface area contributed by atoms with Crippen molar-refractivity contribution in [2.75, 3.05) is 33.4 Å². The van der Waals surface area contributed by atoms with Crippen LogP contribution in [0.1, 0.15) is 23.5 Å². The van der Waals surface area contributed by atoms with E-state index in [4.69, 9.17) is 9.15 Å². The summed E-state index contributed by atoms with van der Waals surface area (Å²) in [6.45, 7) is 5.92. The Morgan fingerprint density at radius 3 is 2.73 bits per heavy atom. The van der Waals surface area contributed by atoms with E-state index in [1.165, 1.54) is 13.2 Å². The number of piperazine rings is 1. The molecule has 1 unspecified atom stereocenters. The zero-order valence-corrected chi connectivity index (χ0v) is 15.4. The van der Waals surface area contributed by atoms with Crippen LogP contribution in [0.5, 0.6) is 5.75 Å². The number of aryl methyl sites for hydroxylation is 1. The smallest absolute Gasteiger partial charge is 0.131 e. The molecular formula is C20H27FN2O3. The summed E-state index contributed by atoms with van der Waals surface area (Å²) in [7, 11) is 1.53. The SMILES string of the molecule is COc1ccc(CN2CCN(Cc3ccc(C)o3)CC2CCO)c(F)c1. The second kappa shape index (κ2) is 8.66. The highest BCUT2D eigenvalue weighted by atomic mass is 19.1. The van der Waals surface area contributed by atoms with Crippen molar-refractivity contribution in [3.63, 3.8) is 0 Å². The summed E-state index contributed by atoms with van der Waals surface area (Å²) in [5.74, 6) is 2.15. The van der Waals surface area contributed by atoms with E-state index in [9.17, 15) is 9.50 Å². The number of rotatable bonds is 7. The van der Waals surface area contributed by atoms with Crippen molar-refractivity contribution in [2.24, 2.45) is 0 Å². The molecule has 2 heterocycles. The van der Waals surface area contributed by atoms with Gasteiger partial charge in [0.2, 0.25) is 0 Å². The molecule has 1 fully saturated rings. The zero-order valence-electron chi connectivity index (χ0n) is 15.4. The third-order valence-corrected chi connectivity index (χ3v) is 4.96. The summed E-state index contributed by atoms with van der Waals surface area (Å²) in [6.07, 6.45) is 0.672. The Kier molecular flexibility index (Phi) is 6.29. The lowest BCUT2D eigenvalue weighted by Crippen LogP contribution is -2.52. The molecule has 142 valence electrons. The number of aliphatic hydroxyl groups excluding tert-OH is 1. The molecule has 0 saturated carbocycles. The molecule has 1 N–H and O–H groups in total. The number of furan rings is 1. The second-order valence-corrected chi connectivity index (χ2v) is 6.84. The van der Waals surface area contributed by atoms with Crippen molar-refractivity contribution in [3.8, 4) is 5.75 Å². The van der Waals surface area contributed by atoms with Crippen LogP contribution in [0.25, 0.3) is 0 Å². The maximum atomic E-state index is 14.3. The average molecular weight is 362 g/mol. The van der Waals surface area contributed by atoms with Crippen LogP contribution in [-0.4, -0.2) is 54.3 Å². The second-order valence-electron chi connectivity index (χ2n) is 6.84. The summed E-state index contributed by atoms with van der Waals surface area (Å²) >= 11 is 0. The first-order chi connectivity index (χ1) is 12.6. The van der Waals surface area contributed by atoms with Gasteiger partial charge in [0.1, 0.15) is 23.1 Å². The highest BCUT2D eigenvalue weighted by Gasteiger charge is 2.27. The number of hydrogen-bond acceptors (Lipinski definition) is 5. The molecule has 5 nitrogen and oxygen atoms in total. The first-order valence-corrected chi connectivity index (χ1v) is 9.04. The zero-order chi connectivity index (χ0) is 18.5. The van der Waals surface area contributed by atoms with E-state index in [2.05, 4.69) is 9.80 Å². The quantitative estimate of drug-likeness (QED) is 0.821. The number of methoxy groups -OCH3 is 1. The van der Waals surface area contributed by atoms with Crippen molar-refractivity contribution in [1.29, 1.82) is 0 Å². The van der Waals surface area contributed by atoms with Gasteiger partial charge in [-0.3, -0.25) is 9.80 Å². The molecule has 1 atom stereocenters. The maximum Gasteiger partial charge on any atom is 0.131 e. The van der Waals surface area contributed by atoms with Gasteiger partial charge in [0.05, 0.1) is 13.7 Å². The predicted octanol–water partition coefficient (Wildman–Crippen LogP) is 2.80.